The van der Waals surface area contributed by atoms with Gasteiger partial charge in [0.2, 0.25) is 0 Å². The molecule has 2 fully saturated rings. The Morgan fingerprint density at radius 1 is 1.31 bits per heavy atom. The maximum absolute atomic E-state index is 13.3. The number of nitrogens with two attached hydrogens (primary N) is 1. The Balaban J connectivity index is 1.44. The number of nitriles is 1. The van der Waals surface area contributed by atoms with Crippen LogP contribution >= 0.6 is 0 Å². The van der Waals surface area contributed by atoms with E-state index in [1.807, 2.05) is 10.7 Å². The standard InChI is InChI=1S/C23H25F3N6/c1-3-12(2)32-20(21-16-5-15(6-17(16)21)31-10-13(8-27)11-31)7-19(30-32)14-4-18(23(24,25)26)22(28)29-9-14/h4-5,7,9,12-13,15,17,21H,3,6,10-11H2,1-2H3,(H2,28,29). The SMILES string of the molecule is CCC(C)n1nc(-c2cnc(N)c(C(F)(F)F)c2)cc1C1C2=CC(N3CC(C#N)C3)CC21. The molecule has 168 valence electrons. The number of likely N-dealkylation sites (tertiary alicyclic amines) is 1. The fourth-order valence-electron chi connectivity index (χ4n) is 5.04. The number of fused-ring (bicyclic) bond motifs is 1. The molecule has 2 aliphatic carbocycles. The van der Waals surface area contributed by atoms with Crippen LogP contribution in [0, 0.1) is 23.2 Å². The third-order valence-corrected chi connectivity index (χ3v) is 7.13. The van der Waals surface area contributed by atoms with Crippen LogP contribution in [-0.4, -0.2) is 38.8 Å². The van der Waals surface area contributed by atoms with Crippen LogP contribution in [0.2, 0.25) is 0 Å². The van der Waals surface area contributed by atoms with Gasteiger partial charge in [-0.3, -0.25) is 9.58 Å². The lowest BCUT2D eigenvalue weighted by molar-refractivity contribution is -0.137. The van der Waals surface area contributed by atoms with E-state index >= 15 is 0 Å². The number of aromatic nitrogens is 3. The van der Waals surface area contributed by atoms with Crippen LogP contribution in [0.15, 0.2) is 30.0 Å². The predicted molar refractivity (Wildman–Crippen MR) is 113 cm³/mol. The van der Waals surface area contributed by atoms with E-state index in [0.29, 0.717) is 23.2 Å². The average molecular weight is 442 g/mol. The molecule has 1 saturated heterocycles. The monoisotopic (exact) mass is 442 g/mol. The lowest BCUT2D eigenvalue weighted by atomic mass is 9.97. The zero-order valence-electron chi connectivity index (χ0n) is 18.0. The Morgan fingerprint density at radius 3 is 2.66 bits per heavy atom. The third kappa shape index (κ3) is 3.37. The molecule has 6 nitrogen and oxygen atoms in total. The van der Waals surface area contributed by atoms with Gasteiger partial charge in [0.25, 0.3) is 0 Å². The Kier molecular flexibility index (Phi) is 4.82. The maximum atomic E-state index is 13.3. The third-order valence-electron chi connectivity index (χ3n) is 7.13. The van der Waals surface area contributed by atoms with E-state index in [4.69, 9.17) is 11.0 Å². The molecule has 2 aromatic rings. The lowest BCUT2D eigenvalue weighted by Gasteiger charge is -2.39. The van der Waals surface area contributed by atoms with Crippen LogP contribution in [0.5, 0.6) is 0 Å². The van der Waals surface area contributed by atoms with E-state index in [1.54, 1.807) is 0 Å². The summed E-state index contributed by atoms with van der Waals surface area (Å²) < 4.78 is 41.9. The van der Waals surface area contributed by atoms with Gasteiger partial charge in [-0.15, -0.1) is 0 Å². The minimum absolute atomic E-state index is 0.132. The number of halogens is 3. The van der Waals surface area contributed by atoms with Gasteiger partial charge in [0.15, 0.2) is 0 Å². The fraction of sp³-hybridized carbons (Fsp3) is 0.522. The Bertz CT molecular complexity index is 1120. The van der Waals surface area contributed by atoms with E-state index in [9.17, 15) is 13.2 Å². The summed E-state index contributed by atoms with van der Waals surface area (Å²) in [5.41, 5.74) is 7.76. The van der Waals surface area contributed by atoms with Crippen molar-refractivity contribution in [3.63, 3.8) is 0 Å². The number of rotatable bonds is 5. The number of alkyl halides is 3. The Labute approximate surface area is 184 Å². The second kappa shape index (κ2) is 7.34. The molecule has 2 aromatic heterocycles. The van der Waals surface area contributed by atoms with E-state index in [0.717, 1.165) is 37.7 Å². The molecule has 0 radical (unpaired) electrons. The Hall–Kier alpha value is -2.86. The summed E-state index contributed by atoms with van der Waals surface area (Å²) in [5, 5.41) is 13.7. The molecule has 4 atom stereocenters. The fourth-order valence-corrected chi connectivity index (χ4v) is 5.04. The van der Waals surface area contributed by atoms with Crippen molar-refractivity contribution in [3.05, 3.63) is 41.2 Å². The summed E-state index contributed by atoms with van der Waals surface area (Å²) in [6.45, 7) is 5.81. The summed E-state index contributed by atoms with van der Waals surface area (Å²) in [6.07, 6.45) is 1.01. The van der Waals surface area contributed by atoms with E-state index in [2.05, 4.69) is 41.0 Å². The molecule has 2 N–H and O–H groups in total. The van der Waals surface area contributed by atoms with Crippen LogP contribution in [0.1, 0.15) is 49.9 Å². The Morgan fingerprint density at radius 2 is 2.06 bits per heavy atom. The van der Waals surface area contributed by atoms with Crippen molar-refractivity contribution < 1.29 is 13.2 Å². The molecule has 3 aliphatic rings. The molecule has 4 unspecified atom stereocenters. The second-order valence-electron chi connectivity index (χ2n) is 9.14. The number of allylic oxidation sites excluding steroid dienone is 1. The van der Waals surface area contributed by atoms with Gasteiger partial charge in [-0.25, -0.2) is 4.98 Å². The van der Waals surface area contributed by atoms with Gasteiger partial charge in [0, 0.05) is 48.5 Å². The highest BCUT2D eigenvalue weighted by atomic mass is 19.4. The first kappa shape index (κ1) is 21.0. The van der Waals surface area contributed by atoms with Gasteiger partial charge in [-0.1, -0.05) is 18.6 Å². The van der Waals surface area contributed by atoms with E-state index in [1.165, 1.54) is 11.8 Å². The molecule has 32 heavy (non-hydrogen) atoms. The minimum Gasteiger partial charge on any atom is -0.383 e. The van der Waals surface area contributed by atoms with Crippen LogP contribution < -0.4 is 5.73 Å². The van der Waals surface area contributed by atoms with Crippen LogP contribution in [-0.2, 0) is 6.18 Å². The molecular formula is C23H25F3N6. The lowest BCUT2D eigenvalue weighted by Crippen LogP contribution is -2.50. The molecule has 0 spiro atoms. The summed E-state index contributed by atoms with van der Waals surface area (Å²) >= 11 is 0. The smallest absolute Gasteiger partial charge is 0.383 e. The summed E-state index contributed by atoms with van der Waals surface area (Å²) in [7, 11) is 0. The molecule has 5 rings (SSSR count). The first-order chi connectivity index (χ1) is 15.2. The molecular weight excluding hydrogens is 417 g/mol. The normalized spacial score (nSPS) is 26.2. The number of hydrogen-bond donors (Lipinski definition) is 1. The summed E-state index contributed by atoms with van der Waals surface area (Å²) in [6, 6.07) is 5.79. The van der Waals surface area contributed by atoms with Gasteiger partial charge in [-0.2, -0.15) is 23.5 Å². The average Bonchev–Trinajstić information content (AvgIpc) is 3.06. The first-order valence-electron chi connectivity index (χ1n) is 11.0. The highest BCUT2D eigenvalue weighted by Gasteiger charge is 2.53. The van der Waals surface area contributed by atoms with Crippen molar-refractivity contribution in [2.75, 3.05) is 18.8 Å². The maximum Gasteiger partial charge on any atom is 0.419 e. The summed E-state index contributed by atoms with van der Waals surface area (Å²) in [5.74, 6) is 0.327. The number of nitrogens with zero attached hydrogens (tertiary/aromatic N) is 5. The summed E-state index contributed by atoms with van der Waals surface area (Å²) in [4.78, 5) is 6.12. The zero-order valence-corrected chi connectivity index (χ0v) is 18.0. The highest BCUT2D eigenvalue weighted by molar-refractivity contribution is 5.64. The van der Waals surface area contributed by atoms with Crippen molar-refractivity contribution in [2.45, 2.75) is 50.9 Å². The molecule has 0 amide bonds. The van der Waals surface area contributed by atoms with Crippen molar-refractivity contribution in [1.29, 1.82) is 5.26 Å². The topological polar surface area (TPSA) is 83.8 Å². The quantitative estimate of drug-likeness (QED) is 0.695. The second-order valence-corrected chi connectivity index (χ2v) is 9.14. The molecule has 1 aliphatic heterocycles. The van der Waals surface area contributed by atoms with Crippen molar-refractivity contribution in [2.24, 2.45) is 11.8 Å². The molecule has 9 heteroatoms. The van der Waals surface area contributed by atoms with Gasteiger partial charge >= 0.3 is 6.18 Å². The predicted octanol–water partition coefficient (Wildman–Crippen LogP) is 4.38. The van der Waals surface area contributed by atoms with Gasteiger partial charge in [0.1, 0.15) is 5.82 Å². The largest absolute Gasteiger partial charge is 0.419 e. The van der Waals surface area contributed by atoms with Gasteiger partial charge < -0.3 is 5.73 Å². The van der Waals surface area contributed by atoms with E-state index in [-0.39, 0.29) is 17.9 Å². The number of hydrogen-bond acceptors (Lipinski definition) is 5. The van der Waals surface area contributed by atoms with Crippen molar-refractivity contribution >= 4 is 5.82 Å². The zero-order chi connectivity index (χ0) is 22.8. The van der Waals surface area contributed by atoms with Crippen molar-refractivity contribution in [1.82, 2.24) is 19.7 Å². The van der Waals surface area contributed by atoms with Crippen LogP contribution in [0.4, 0.5) is 19.0 Å². The van der Waals surface area contributed by atoms with Crippen LogP contribution in [0.25, 0.3) is 11.3 Å². The highest BCUT2D eigenvalue weighted by Crippen LogP contribution is 2.61. The first-order valence-corrected chi connectivity index (χ1v) is 11.0. The van der Waals surface area contributed by atoms with Crippen molar-refractivity contribution in [3.8, 4) is 17.3 Å². The number of pyridine rings is 1. The van der Waals surface area contributed by atoms with E-state index < -0.39 is 17.6 Å². The van der Waals surface area contributed by atoms with Crippen LogP contribution in [0.3, 0.4) is 0 Å². The molecule has 1 saturated carbocycles. The van der Waals surface area contributed by atoms with Gasteiger partial charge in [-0.05, 0) is 37.8 Å². The van der Waals surface area contributed by atoms with Gasteiger partial charge in [0.05, 0.1) is 23.2 Å². The molecule has 0 aromatic carbocycles. The minimum atomic E-state index is -4.57. The molecule has 3 heterocycles. The number of anilines is 1. The molecule has 0 bridgehead atoms. The number of nitrogen functional groups attached to an aromatic ring is 1.